The highest BCUT2D eigenvalue weighted by molar-refractivity contribution is 7.91. The molecule has 2 rings (SSSR count). The number of fused-ring (bicyclic) bond motifs is 1. The van der Waals surface area contributed by atoms with E-state index in [0.29, 0.717) is 34.2 Å². The minimum absolute atomic E-state index is 0.0709. The van der Waals surface area contributed by atoms with E-state index in [1.807, 2.05) is 6.92 Å². The summed E-state index contributed by atoms with van der Waals surface area (Å²) in [6.07, 6.45) is 9.66. The van der Waals surface area contributed by atoms with Crippen molar-refractivity contribution in [1.29, 1.82) is 0 Å². The summed E-state index contributed by atoms with van der Waals surface area (Å²) in [5.41, 5.74) is 0.551. The summed E-state index contributed by atoms with van der Waals surface area (Å²) >= 11 is 0. The van der Waals surface area contributed by atoms with E-state index < -0.39 is 21.2 Å². The number of H-pyrrole nitrogens is 1. The van der Waals surface area contributed by atoms with Crippen molar-refractivity contribution in [2.45, 2.75) is 83.5 Å². The zero-order valence-electron chi connectivity index (χ0n) is 19.0. The van der Waals surface area contributed by atoms with Gasteiger partial charge in [0.1, 0.15) is 5.56 Å². The van der Waals surface area contributed by atoms with Crippen LogP contribution in [0.4, 0.5) is 0 Å². The van der Waals surface area contributed by atoms with Crippen molar-refractivity contribution in [3.63, 3.8) is 0 Å². The van der Waals surface area contributed by atoms with Gasteiger partial charge >= 0.3 is 5.97 Å². The van der Waals surface area contributed by atoms with Gasteiger partial charge in [0.15, 0.2) is 9.84 Å². The first-order chi connectivity index (χ1) is 14.9. The second-order valence-corrected chi connectivity index (χ2v) is 10.0. The third kappa shape index (κ3) is 6.66. The van der Waals surface area contributed by atoms with Crippen molar-refractivity contribution < 1.29 is 17.9 Å². The number of nitrogens with one attached hydrogen (secondary N) is 1. The molecule has 0 unspecified atom stereocenters. The van der Waals surface area contributed by atoms with Crippen molar-refractivity contribution >= 4 is 26.7 Å². The van der Waals surface area contributed by atoms with Crippen molar-refractivity contribution in [3.8, 4) is 0 Å². The van der Waals surface area contributed by atoms with Gasteiger partial charge in [-0.2, -0.15) is 0 Å². The Morgan fingerprint density at radius 3 is 2.32 bits per heavy atom. The van der Waals surface area contributed by atoms with Gasteiger partial charge in [0.2, 0.25) is 5.43 Å². The maximum absolute atomic E-state index is 13.1. The third-order valence-corrected chi connectivity index (χ3v) is 7.33. The molecular weight excluding hydrogens is 414 g/mol. The Bertz CT molecular complexity index is 1040. The second-order valence-electron chi connectivity index (χ2n) is 7.95. The summed E-state index contributed by atoms with van der Waals surface area (Å²) < 4.78 is 31.2. The van der Waals surface area contributed by atoms with Gasteiger partial charge in [-0.3, -0.25) is 4.79 Å². The van der Waals surface area contributed by atoms with E-state index in [2.05, 4.69) is 11.9 Å². The molecule has 2 aromatic rings. The van der Waals surface area contributed by atoms with E-state index in [0.717, 1.165) is 38.5 Å². The molecule has 0 aliphatic carbocycles. The van der Waals surface area contributed by atoms with Crippen molar-refractivity contribution in [2.75, 3.05) is 12.4 Å². The normalized spacial score (nSPS) is 11.7. The molecule has 0 saturated carbocycles. The van der Waals surface area contributed by atoms with Gasteiger partial charge in [-0.05, 0) is 43.9 Å². The lowest BCUT2D eigenvalue weighted by atomic mass is 10.0. The van der Waals surface area contributed by atoms with E-state index in [1.54, 1.807) is 19.1 Å². The number of aryl methyl sites for hydroxylation is 1. The van der Waals surface area contributed by atoms with E-state index in [4.69, 9.17) is 4.74 Å². The smallest absolute Gasteiger partial charge is 0.343 e. The Hall–Kier alpha value is -2.15. The molecule has 0 atom stereocenters. The molecule has 0 amide bonds. The summed E-state index contributed by atoms with van der Waals surface area (Å²) in [4.78, 5) is 28.1. The molecule has 0 saturated heterocycles. The Balaban J connectivity index is 2.39. The summed E-state index contributed by atoms with van der Waals surface area (Å²) in [5, 5.41) is 0.315. The van der Waals surface area contributed by atoms with Gasteiger partial charge in [0.25, 0.3) is 0 Å². The Morgan fingerprint density at radius 1 is 0.968 bits per heavy atom. The highest BCUT2D eigenvalue weighted by atomic mass is 32.2. The average Bonchev–Trinajstić information content (AvgIpc) is 2.74. The molecule has 31 heavy (non-hydrogen) atoms. The number of pyridine rings is 1. The van der Waals surface area contributed by atoms with E-state index in [1.165, 1.54) is 12.6 Å². The molecule has 0 bridgehead atoms. The van der Waals surface area contributed by atoms with Crippen molar-refractivity contribution in [2.24, 2.45) is 0 Å². The molecular formula is C24H35NO5S. The zero-order valence-corrected chi connectivity index (χ0v) is 19.8. The topological polar surface area (TPSA) is 93.3 Å². The van der Waals surface area contributed by atoms with Crippen LogP contribution in [0.1, 0.15) is 88.1 Å². The Kier molecular flexibility index (Phi) is 9.75. The van der Waals surface area contributed by atoms with Crippen LogP contribution in [0.15, 0.2) is 28.0 Å². The van der Waals surface area contributed by atoms with Gasteiger partial charge < -0.3 is 9.72 Å². The minimum atomic E-state index is -3.47. The number of esters is 1. The number of ether oxygens (including phenoxy) is 1. The lowest BCUT2D eigenvalue weighted by Crippen LogP contribution is -2.19. The number of carbonyl (C=O) groups is 1. The molecule has 0 aliphatic heterocycles. The van der Waals surface area contributed by atoms with Crippen LogP contribution in [0.5, 0.6) is 0 Å². The highest BCUT2D eigenvalue weighted by Crippen LogP contribution is 2.25. The van der Waals surface area contributed by atoms with Gasteiger partial charge in [-0.15, -0.1) is 0 Å². The van der Waals surface area contributed by atoms with E-state index in [9.17, 15) is 18.0 Å². The number of sulfone groups is 1. The first kappa shape index (κ1) is 25.1. The standard InChI is InChI=1S/C24H35NO5S/c1-4-7-9-10-11-12-14-31(28,29)22-16-21-19(15-18(22)13-8-5-2)23(26)20(17-25-21)24(27)30-6-3/h15-17H,4-14H2,1-3H3,(H,25,26). The molecule has 1 heterocycles. The van der Waals surface area contributed by atoms with Crippen LogP contribution < -0.4 is 5.43 Å². The minimum Gasteiger partial charge on any atom is -0.462 e. The van der Waals surface area contributed by atoms with Gasteiger partial charge in [-0.25, -0.2) is 13.2 Å². The summed E-state index contributed by atoms with van der Waals surface area (Å²) in [7, 11) is -3.47. The van der Waals surface area contributed by atoms with Gasteiger partial charge in [-0.1, -0.05) is 52.4 Å². The molecule has 1 aromatic carbocycles. The Labute approximate surface area is 185 Å². The predicted molar refractivity (Wildman–Crippen MR) is 125 cm³/mol. The molecule has 0 radical (unpaired) electrons. The number of aromatic nitrogens is 1. The van der Waals surface area contributed by atoms with Crippen LogP contribution in [-0.4, -0.2) is 31.7 Å². The monoisotopic (exact) mass is 449 g/mol. The van der Waals surface area contributed by atoms with E-state index in [-0.39, 0.29) is 17.9 Å². The van der Waals surface area contributed by atoms with E-state index >= 15 is 0 Å². The predicted octanol–water partition coefficient (Wildman–Crippen LogP) is 5.18. The van der Waals surface area contributed by atoms with Crippen LogP contribution in [0.25, 0.3) is 10.9 Å². The zero-order chi connectivity index (χ0) is 22.9. The largest absolute Gasteiger partial charge is 0.462 e. The first-order valence-corrected chi connectivity index (χ1v) is 13.1. The number of hydrogen-bond donors (Lipinski definition) is 1. The molecule has 1 aromatic heterocycles. The van der Waals surface area contributed by atoms with Gasteiger partial charge in [0, 0.05) is 11.6 Å². The SMILES string of the molecule is CCCCCCCCS(=O)(=O)c1cc2[nH]cc(C(=O)OCC)c(=O)c2cc1CCCC. The fourth-order valence-corrected chi connectivity index (χ4v) is 5.35. The number of hydrogen-bond acceptors (Lipinski definition) is 5. The number of carbonyl (C=O) groups excluding carboxylic acids is 1. The maximum atomic E-state index is 13.1. The molecule has 1 N–H and O–H groups in total. The fraction of sp³-hybridized carbons (Fsp3) is 0.583. The average molecular weight is 450 g/mol. The van der Waals surface area contributed by atoms with Crippen LogP contribution >= 0.6 is 0 Å². The first-order valence-electron chi connectivity index (χ1n) is 11.4. The third-order valence-electron chi connectivity index (χ3n) is 5.46. The number of unbranched alkanes of at least 4 members (excludes halogenated alkanes) is 6. The maximum Gasteiger partial charge on any atom is 0.343 e. The molecule has 7 heteroatoms. The van der Waals surface area contributed by atoms with Gasteiger partial charge in [0.05, 0.1) is 22.8 Å². The summed E-state index contributed by atoms with van der Waals surface area (Å²) in [6, 6.07) is 3.20. The molecule has 0 aliphatic rings. The highest BCUT2D eigenvalue weighted by Gasteiger charge is 2.22. The number of aromatic amines is 1. The number of benzene rings is 1. The quantitative estimate of drug-likeness (QED) is 0.336. The summed E-state index contributed by atoms with van der Waals surface area (Å²) in [5.74, 6) is -0.574. The second kappa shape index (κ2) is 12.0. The molecule has 172 valence electrons. The molecule has 0 fully saturated rings. The lowest BCUT2D eigenvalue weighted by Gasteiger charge is -2.13. The summed E-state index contributed by atoms with van der Waals surface area (Å²) in [6.45, 7) is 6.05. The van der Waals surface area contributed by atoms with Crippen LogP contribution in [-0.2, 0) is 21.0 Å². The van der Waals surface area contributed by atoms with Crippen molar-refractivity contribution in [3.05, 3.63) is 39.7 Å². The molecule has 0 spiro atoms. The number of rotatable bonds is 13. The molecule has 6 nitrogen and oxygen atoms in total. The van der Waals surface area contributed by atoms with Crippen molar-refractivity contribution in [1.82, 2.24) is 4.98 Å². The Morgan fingerprint density at radius 2 is 1.65 bits per heavy atom. The fourth-order valence-electron chi connectivity index (χ4n) is 3.69. The lowest BCUT2D eigenvalue weighted by molar-refractivity contribution is 0.0524. The van der Waals surface area contributed by atoms with Crippen LogP contribution in [0.2, 0.25) is 0 Å². The van der Waals surface area contributed by atoms with Crippen LogP contribution in [0, 0.1) is 0 Å². The van der Waals surface area contributed by atoms with Crippen LogP contribution in [0.3, 0.4) is 0 Å².